The van der Waals surface area contributed by atoms with Gasteiger partial charge in [-0.2, -0.15) is 0 Å². The fraction of sp³-hybridized carbons (Fsp3) is 0.514. The molecule has 0 bridgehead atoms. The fourth-order valence-electron chi connectivity index (χ4n) is 7.76. The summed E-state index contributed by atoms with van der Waals surface area (Å²) in [7, 11) is 1.53. The molecule has 8 nitrogen and oxygen atoms in total. The number of carbonyl (C=O) groups is 2. The van der Waals surface area contributed by atoms with Crippen LogP contribution in [0, 0.1) is 21.3 Å². The minimum Gasteiger partial charge on any atom is -0.504 e. The van der Waals surface area contributed by atoms with Gasteiger partial charge in [-0.3, -0.25) is 19.4 Å². The molecule has 3 N–H and O–H groups in total. The van der Waals surface area contributed by atoms with Crippen LogP contribution in [0.5, 0.6) is 11.5 Å². The number of halogens is 1. The largest absolute Gasteiger partial charge is 0.504 e. The lowest BCUT2D eigenvalue weighted by Crippen LogP contribution is -2.47. The number of phenols is 1. The number of hydrogen-bond donors (Lipinski definition) is 3. The number of allylic oxidation sites excluding steroid dienone is 2. The Morgan fingerprint density at radius 2 is 1.83 bits per heavy atom. The van der Waals surface area contributed by atoms with E-state index in [4.69, 9.17) is 4.74 Å². The number of likely N-dealkylation sites (tertiary alicyclic amines) is 2. The van der Waals surface area contributed by atoms with Crippen LogP contribution in [0.1, 0.15) is 69.9 Å². The number of rotatable bonds is 12. The predicted octanol–water partition coefficient (Wildman–Crippen LogP) is 5.92. The van der Waals surface area contributed by atoms with Gasteiger partial charge in [0, 0.05) is 31.6 Å². The third-order valence-corrected chi connectivity index (χ3v) is 11.0. The van der Waals surface area contributed by atoms with E-state index in [9.17, 15) is 24.9 Å². The number of fused-ring (bicyclic) bond motifs is 1. The van der Waals surface area contributed by atoms with Crippen molar-refractivity contribution in [3.8, 4) is 11.5 Å². The highest BCUT2D eigenvalue weighted by Gasteiger charge is 2.56. The van der Waals surface area contributed by atoms with E-state index >= 15 is 0 Å². The van der Waals surface area contributed by atoms with Gasteiger partial charge in [-0.05, 0) is 96.4 Å². The van der Waals surface area contributed by atoms with E-state index in [1.165, 1.54) is 17.6 Å². The van der Waals surface area contributed by atoms with Crippen LogP contribution < -0.4 is 4.74 Å². The van der Waals surface area contributed by atoms with Gasteiger partial charge in [-0.15, -0.1) is 0 Å². The van der Waals surface area contributed by atoms with Crippen molar-refractivity contribution in [3.63, 3.8) is 0 Å². The standard InChI is InChI=1S/C37H47IN2O6/c1-4-23(17-25-18-30(38)35(43)32(19-25)46-3)11-12-31(42)33-26(5-2)20-28-34(29(33)22-41)37(45)40(36(28)44)27-13-15-39(16-14-27)21-24-9-7-6-8-10-24/h6-10,17-19,27-29,31,34,41-43H,4-5,11-16,20-22H2,1-3H3/b23-17+/t28-,29+,31-,34-/m1/s1. The van der Waals surface area contributed by atoms with Crippen LogP contribution in [0.25, 0.3) is 6.08 Å². The Labute approximate surface area is 286 Å². The maximum atomic E-state index is 14.0. The zero-order chi connectivity index (χ0) is 33.0. The van der Waals surface area contributed by atoms with Gasteiger partial charge in [0.2, 0.25) is 11.8 Å². The summed E-state index contributed by atoms with van der Waals surface area (Å²) in [5, 5.41) is 32.5. The number of aromatic hydroxyl groups is 1. The minimum atomic E-state index is -0.823. The molecular formula is C37H47IN2O6. The molecule has 2 amide bonds. The molecule has 0 spiro atoms. The maximum absolute atomic E-state index is 14.0. The Bertz CT molecular complexity index is 1470. The van der Waals surface area contributed by atoms with Crippen molar-refractivity contribution >= 4 is 40.5 Å². The Morgan fingerprint density at radius 3 is 2.46 bits per heavy atom. The van der Waals surface area contributed by atoms with Crippen LogP contribution in [0.2, 0.25) is 0 Å². The predicted molar refractivity (Wildman–Crippen MR) is 187 cm³/mol. The number of aliphatic hydroxyl groups excluding tert-OH is 2. The smallest absolute Gasteiger partial charge is 0.234 e. The number of amides is 2. The second kappa shape index (κ2) is 15.4. The fourth-order valence-corrected chi connectivity index (χ4v) is 8.38. The first-order valence-electron chi connectivity index (χ1n) is 16.6. The summed E-state index contributed by atoms with van der Waals surface area (Å²) >= 11 is 2.08. The highest BCUT2D eigenvalue weighted by molar-refractivity contribution is 14.1. The average molecular weight is 743 g/mol. The molecule has 46 heavy (non-hydrogen) atoms. The summed E-state index contributed by atoms with van der Waals surface area (Å²) < 4.78 is 6.02. The van der Waals surface area contributed by atoms with Crippen molar-refractivity contribution in [1.82, 2.24) is 9.80 Å². The lowest BCUT2D eigenvalue weighted by Gasteiger charge is -2.37. The van der Waals surface area contributed by atoms with Crippen molar-refractivity contribution in [1.29, 1.82) is 0 Å². The van der Waals surface area contributed by atoms with Gasteiger partial charge in [0.15, 0.2) is 11.5 Å². The lowest BCUT2D eigenvalue weighted by molar-refractivity contribution is -0.144. The molecule has 2 fully saturated rings. The third-order valence-electron chi connectivity index (χ3n) is 10.2. The molecular weight excluding hydrogens is 695 g/mol. The minimum absolute atomic E-state index is 0.107. The van der Waals surface area contributed by atoms with Gasteiger partial charge >= 0.3 is 0 Å². The first-order chi connectivity index (χ1) is 22.2. The lowest BCUT2D eigenvalue weighted by atomic mass is 9.67. The van der Waals surface area contributed by atoms with Crippen molar-refractivity contribution in [3.05, 3.63) is 73.9 Å². The molecule has 0 aromatic heterocycles. The van der Waals surface area contributed by atoms with Crippen molar-refractivity contribution in [2.24, 2.45) is 17.8 Å². The van der Waals surface area contributed by atoms with Crippen molar-refractivity contribution in [2.75, 3.05) is 26.8 Å². The Morgan fingerprint density at radius 1 is 1.11 bits per heavy atom. The van der Waals surface area contributed by atoms with Crippen LogP contribution in [-0.2, 0) is 16.1 Å². The van der Waals surface area contributed by atoms with Crippen molar-refractivity contribution < 1.29 is 29.6 Å². The molecule has 2 aromatic carbocycles. The number of phenolic OH excluding ortho intramolecular Hbond substituents is 1. The molecule has 2 saturated heterocycles. The number of aliphatic hydroxyl groups is 2. The molecule has 248 valence electrons. The van der Waals surface area contributed by atoms with E-state index < -0.39 is 23.9 Å². The van der Waals surface area contributed by atoms with E-state index in [0.29, 0.717) is 35.0 Å². The monoisotopic (exact) mass is 742 g/mol. The second-order valence-corrected chi connectivity index (χ2v) is 14.0. The van der Waals surface area contributed by atoms with Gasteiger partial charge < -0.3 is 20.1 Å². The zero-order valence-corrected chi connectivity index (χ0v) is 29.3. The van der Waals surface area contributed by atoms with Gasteiger partial charge in [0.1, 0.15) is 0 Å². The summed E-state index contributed by atoms with van der Waals surface area (Å²) in [6, 6.07) is 13.9. The van der Waals surface area contributed by atoms with Crippen LogP contribution in [0.15, 0.2) is 59.2 Å². The summed E-state index contributed by atoms with van der Waals surface area (Å²) in [5.41, 5.74) is 5.05. The Kier molecular flexibility index (Phi) is 11.6. The number of nitrogens with zero attached hydrogens (tertiary/aromatic N) is 2. The summed E-state index contributed by atoms with van der Waals surface area (Å²) in [4.78, 5) is 31.8. The van der Waals surface area contributed by atoms with Crippen LogP contribution in [0.3, 0.4) is 0 Å². The molecule has 2 heterocycles. The number of ether oxygens (including phenoxy) is 1. The van der Waals surface area contributed by atoms with E-state index in [1.54, 1.807) is 6.07 Å². The molecule has 9 heteroatoms. The van der Waals surface area contributed by atoms with Crippen LogP contribution in [-0.4, -0.2) is 75.9 Å². The van der Waals surface area contributed by atoms with Gasteiger partial charge in [-0.1, -0.05) is 61.4 Å². The number of hydrogen-bond acceptors (Lipinski definition) is 7. The molecule has 2 aliphatic heterocycles. The van der Waals surface area contributed by atoms with Crippen molar-refractivity contribution in [2.45, 2.75) is 77.5 Å². The molecule has 4 atom stereocenters. The average Bonchev–Trinajstić information content (AvgIpc) is 3.32. The highest BCUT2D eigenvalue weighted by atomic mass is 127. The van der Waals surface area contributed by atoms with Gasteiger partial charge in [-0.25, -0.2) is 0 Å². The summed E-state index contributed by atoms with van der Waals surface area (Å²) in [6.07, 6.45) is 5.71. The van der Waals surface area contributed by atoms with Gasteiger partial charge in [0.25, 0.3) is 0 Å². The van der Waals surface area contributed by atoms with Crippen LogP contribution >= 0.6 is 22.6 Å². The molecule has 5 rings (SSSR count). The molecule has 3 aliphatic rings. The number of imide groups is 1. The molecule has 0 unspecified atom stereocenters. The summed E-state index contributed by atoms with van der Waals surface area (Å²) in [5.74, 6) is -1.43. The van der Waals surface area contributed by atoms with Crippen LogP contribution in [0.4, 0.5) is 0 Å². The van der Waals surface area contributed by atoms with E-state index in [2.05, 4.69) is 52.6 Å². The SMILES string of the molecule is CCC1=C([C@H](O)CC/C(=C/c2cc(I)c(O)c(OC)c2)CC)[C@H](CO)[C@@H]2C(=O)N(C3CCN(Cc4ccccc4)CC3)C(=O)[C@@H]2C1. The maximum Gasteiger partial charge on any atom is 0.234 e. The van der Waals surface area contributed by atoms with E-state index in [1.807, 2.05) is 31.2 Å². The topological polar surface area (TPSA) is 111 Å². The number of carbonyl (C=O) groups excluding carboxylic acids is 2. The quantitative estimate of drug-likeness (QED) is 0.141. The summed E-state index contributed by atoms with van der Waals surface area (Å²) in [6.45, 7) is 6.32. The Balaban J connectivity index is 1.28. The molecule has 1 aliphatic carbocycles. The normalized spacial score (nSPS) is 23.7. The molecule has 2 aromatic rings. The number of methoxy groups -OCH3 is 1. The zero-order valence-electron chi connectivity index (χ0n) is 27.1. The Hall–Kier alpha value is -2.73. The molecule has 0 radical (unpaired) electrons. The van der Waals surface area contributed by atoms with E-state index in [0.717, 1.165) is 61.2 Å². The number of benzene rings is 2. The first kappa shape index (κ1) is 34.6. The molecule has 0 saturated carbocycles. The second-order valence-electron chi connectivity index (χ2n) is 12.8. The number of piperidine rings is 1. The third kappa shape index (κ3) is 7.22. The van der Waals surface area contributed by atoms with E-state index in [-0.39, 0.29) is 30.2 Å². The van der Waals surface area contributed by atoms with Gasteiger partial charge in [0.05, 0.1) is 35.2 Å². The first-order valence-corrected chi connectivity index (χ1v) is 17.7. The highest BCUT2D eigenvalue weighted by Crippen LogP contribution is 2.48.